The fourth-order valence-electron chi connectivity index (χ4n) is 0.925. The van der Waals surface area contributed by atoms with Gasteiger partial charge in [0, 0.05) is 0 Å². The van der Waals surface area contributed by atoms with Gasteiger partial charge in [0.05, 0.1) is 0 Å². The molecule has 0 fully saturated rings. The summed E-state index contributed by atoms with van der Waals surface area (Å²) in [5.41, 5.74) is -1.10. The van der Waals surface area contributed by atoms with Gasteiger partial charge in [-0.3, -0.25) is 0 Å². The summed E-state index contributed by atoms with van der Waals surface area (Å²) in [6.45, 7) is 0. The van der Waals surface area contributed by atoms with Crippen molar-refractivity contribution in [1.29, 1.82) is 0 Å². The van der Waals surface area contributed by atoms with E-state index < -0.39 is 34.6 Å². The largest absolute Gasteiger partial charge is 1.00 e. The number of phenols is 2. The maximum atomic E-state index is 10.4. The zero-order valence-electron chi connectivity index (χ0n) is 8.76. The van der Waals surface area contributed by atoms with E-state index in [-0.39, 0.29) is 31.0 Å². The molecule has 0 bridgehead atoms. The van der Waals surface area contributed by atoms with Crippen LogP contribution in [0.4, 0.5) is 0 Å². The number of carboxylic acid groups (broad SMARTS) is 2. The molecule has 7 heteroatoms. The average Bonchev–Trinajstić information content (AvgIpc) is 2.08. The smallest absolute Gasteiger partial charge is 1.00 e. The van der Waals surface area contributed by atoms with Gasteiger partial charge in [0.25, 0.3) is 0 Å². The van der Waals surface area contributed by atoms with Gasteiger partial charge in [-0.05, 0) is 12.1 Å². The standard InChI is InChI=1S/C8H6O6.Na.H/c9-5-3(7(11)12)1-2-4(6(5)10)8(13)14;;/h1-2,9-10H,(H,11,12)(H,13,14);;/q;+1;-1. The molecule has 0 aliphatic carbocycles. The van der Waals surface area contributed by atoms with Crippen LogP contribution >= 0.6 is 0 Å². The van der Waals surface area contributed by atoms with Gasteiger partial charge in [-0.1, -0.05) is 0 Å². The molecule has 0 saturated heterocycles. The first kappa shape index (κ1) is 13.8. The quantitative estimate of drug-likeness (QED) is 0.328. The number of hydrogen-bond donors (Lipinski definition) is 4. The van der Waals surface area contributed by atoms with Crippen molar-refractivity contribution < 1.29 is 61.0 Å². The van der Waals surface area contributed by atoms with E-state index in [0.29, 0.717) is 0 Å². The molecular weight excluding hydrogens is 215 g/mol. The maximum Gasteiger partial charge on any atom is 1.00 e. The molecule has 0 saturated carbocycles. The predicted octanol–water partition coefficient (Wildman–Crippen LogP) is -2.39. The third-order valence-electron chi connectivity index (χ3n) is 1.61. The van der Waals surface area contributed by atoms with Crippen LogP contribution in [-0.2, 0) is 0 Å². The fraction of sp³-hybridized carbons (Fsp3) is 0. The molecular formula is C8H7NaO6. The minimum Gasteiger partial charge on any atom is -1.00 e. The zero-order chi connectivity index (χ0) is 10.9. The number of hydrogen-bond acceptors (Lipinski definition) is 4. The Hall–Kier alpha value is -1.24. The Morgan fingerprint density at radius 3 is 1.40 bits per heavy atom. The van der Waals surface area contributed by atoms with Crippen molar-refractivity contribution in [2.75, 3.05) is 0 Å². The summed E-state index contributed by atoms with van der Waals surface area (Å²) in [6, 6.07) is 1.81. The molecule has 0 aromatic heterocycles. The first-order chi connectivity index (χ1) is 6.45. The Bertz CT molecular complexity index is 380. The normalized spacial score (nSPS) is 9.07. The number of carbonyl (C=O) groups is 2. The molecule has 1 aromatic rings. The van der Waals surface area contributed by atoms with Gasteiger partial charge in [-0.2, -0.15) is 0 Å². The van der Waals surface area contributed by atoms with Crippen LogP contribution in [0.3, 0.4) is 0 Å². The molecule has 0 atom stereocenters. The molecule has 0 heterocycles. The van der Waals surface area contributed by atoms with Crippen LogP contribution in [0, 0.1) is 0 Å². The van der Waals surface area contributed by atoms with Crippen LogP contribution in [0.15, 0.2) is 12.1 Å². The van der Waals surface area contributed by atoms with Crippen LogP contribution in [-0.4, -0.2) is 32.4 Å². The Kier molecular flexibility index (Phi) is 4.60. The second kappa shape index (κ2) is 5.01. The molecule has 0 unspecified atom stereocenters. The Morgan fingerprint density at radius 2 is 1.20 bits per heavy atom. The van der Waals surface area contributed by atoms with Crippen molar-refractivity contribution in [3.63, 3.8) is 0 Å². The number of carboxylic acids is 2. The topological polar surface area (TPSA) is 115 Å². The summed E-state index contributed by atoms with van der Waals surface area (Å²) in [6.07, 6.45) is 0. The van der Waals surface area contributed by atoms with Crippen LogP contribution in [0.1, 0.15) is 22.1 Å². The Labute approximate surface area is 108 Å². The number of aromatic carboxylic acids is 2. The zero-order valence-corrected chi connectivity index (χ0v) is 9.76. The van der Waals surface area contributed by atoms with Gasteiger partial charge >= 0.3 is 41.5 Å². The van der Waals surface area contributed by atoms with E-state index >= 15 is 0 Å². The molecule has 4 N–H and O–H groups in total. The SMILES string of the molecule is O=C(O)c1ccc(C(=O)O)c(O)c1O.[H-].[Na+]. The monoisotopic (exact) mass is 222 g/mol. The van der Waals surface area contributed by atoms with E-state index in [4.69, 9.17) is 20.4 Å². The predicted molar refractivity (Wildman–Crippen MR) is 44.8 cm³/mol. The van der Waals surface area contributed by atoms with Crippen molar-refractivity contribution >= 4 is 11.9 Å². The molecule has 6 nitrogen and oxygen atoms in total. The van der Waals surface area contributed by atoms with Crippen LogP contribution in [0.2, 0.25) is 0 Å². The van der Waals surface area contributed by atoms with E-state index in [9.17, 15) is 9.59 Å². The summed E-state index contributed by atoms with van der Waals surface area (Å²) in [5, 5.41) is 35.2. The summed E-state index contributed by atoms with van der Waals surface area (Å²) >= 11 is 0. The Balaban J connectivity index is 0. The summed E-state index contributed by atoms with van der Waals surface area (Å²) < 4.78 is 0. The fourth-order valence-corrected chi connectivity index (χ4v) is 0.925. The molecule has 0 spiro atoms. The summed E-state index contributed by atoms with van der Waals surface area (Å²) in [5.74, 6) is -4.79. The molecule has 0 aliphatic heterocycles. The van der Waals surface area contributed by atoms with Gasteiger partial charge in [-0.25, -0.2) is 9.59 Å². The van der Waals surface area contributed by atoms with Gasteiger partial charge in [0.15, 0.2) is 11.5 Å². The molecule has 1 aromatic carbocycles. The van der Waals surface area contributed by atoms with E-state index in [1.54, 1.807) is 0 Å². The number of rotatable bonds is 2. The maximum absolute atomic E-state index is 10.4. The molecule has 76 valence electrons. The number of aromatic hydroxyl groups is 2. The van der Waals surface area contributed by atoms with Gasteiger partial charge in [0.1, 0.15) is 11.1 Å². The summed E-state index contributed by atoms with van der Waals surface area (Å²) in [7, 11) is 0. The molecule has 15 heavy (non-hydrogen) atoms. The third kappa shape index (κ3) is 2.62. The molecule has 0 aliphatic rings. The van der Waals surface area contributed by atoms with Crippen LogP contribution in [0.25, 0.3) is 0 Å². The average molecular weight is 222 g/mol. The van der Waals surface area contributed by atoms with Crippen molar-refractivity contribution in [1.82, 2.24) is 0 Å². The second-order valence-electron chi connectivity index (χ2n) is 2.47. The first-order valence-electron chi connectivity index (χ1n) is 3.46. The second-order valence-corrected chi connectivity index (χ2v) is 2.47. The van der Waals surface area contributed by atoms with E-state index in [1.807, 2.05) is 0 Å². The van der Waals surface area contributed by atoms with E-state index in [0.717, 1.165) is 12.1 Å². The first-order valence-corrected chi connectivity index (χ1v) is 3.46. The van der Waals surface area contributed by atoms with Gasteiger partial charge in [0.2, 0.25) is 0 Å². The van der Waals surface area contributed by atoms with Crippen LogP contribution < -0.4 is 29.6 Å². The van der Waals surface area contributed by atoms with E-state index in [2.05, 4.69) is 0 Å². The van der Waals surface area contributed by atoms with E-state index in [1.165, 1.54) is 0 Å². The molecule has 1 rings (SSSR count). The summed E-state index contributed by atoms with van der Waals surface area (Å²) in [4.78, 5) is 20.9. The number of benzene rings is 1. The third-order valence-corrected chi connectivity index (χ3v) is 1.61. The molecule has 0 radical (unpaired) electrons. The van der Waals surface area contributed by atoms with Crippen molar-refractivity contribution in [3.8, 4) is 11.5 Å². The van der Waals surface area contributed by atoms with Crippen molar-refractivity contribution in [2.45, 2.75) is 0 Å². The minimum absolute atomic E-state index is 0. The van der Waals surface area contributed by atoms with Crippen molar-refractivity contribution in [3.05, 3.63) is 23.3 Å². The van der Waals surface area contributed by atoms with Gasteiger partial charge < -0.3 is 21.9 Å². The van der Waals surface area contributed by atoms with Crippen molar-refractivity contribution in [2.24, 2.45) is 0 Å². The van der Waals surface area contributed by atoms with Crippen LogP contribution in [0.5, 0.6) is 11.5 Å². The minimum atomic E-state index is -1.45. The Morgan fingerprint density at radius 1 is 0.933 bits per heavy atom. The van der Waals surface area contributed by atoms with Gasteiger partial charge in [-0.15, -0.1) is 0 Å². The molecule has 0 amide bonds.